The fourth-order valence-electron chi connectivity index (χ4n) is 2.58. The summed E-state index contributed by atoms with van der Waals surface area (Å²) in [7, 11) is 0. The van der Waals surface area contributed by atoms with Gasteiger partial charge in [0.05, 0.1) is 18.6 Å². The molecule has 2 aromatic rings. The lowest BCUT2D eigenvalue weighted by Crippen LogP contribution is -2.28. The molecule has 138 valence electrons. The Bertz CT molecular complexity index is 737. The van der Waals surface area contributed by atoms with Crippen LogP contribution < -0.4 is 15.4 Å². The van der Waals surface area contributed by atoms with Crippen LogP contribution in [0.15, 0.2) is 48.5 Å². The zero-order valence-electron chi connectivity index (χ0n) is 15.7. The van der Waals surface area contributed by atoms with Crippen molar-refractivity contribution in [1.82, 2.24) is 5.32 Å². The van der Waals surface area contributed by atoms with Gasteiger partial charge in [0.25, 0.3) is 0 Å². The van der Waals surface area contributed by atoms with E-state index in [-0.39, 0.29) is 24.0 Å². The molecule has 0 aliphatic rings. The highest BCUT2D eigenvalue weighted by molar-refractivity contribution is 5.88. The molecule has 2 amide bonds. The number of nitrogens with one attached hydrogen (secondary N) is 2. The van der Waals surface area contributed by atoms with Crippen LogP contribution in [0.2, 0.25) is 0 Å². The summed E-state index contributed by atoms with van der Waals surface area (Å²) in [4.78, 5) is 23.3. The van der Waals surface area contributed by atoms with Gasteiger partial charge in [-0.15, -0.1) is 0 Å². The monoisotopic (exact) mass is 354 g/mol. The van der Waals surface area contributed by atoms with Crippen molar-refractivity contribution in [3.8, 4) is 5.75 Å². The predicted molar refractivity (Wildman–Crippen MR) is 103 cm³/mol. The molecule has 26 heavy (non-hydrogen) atoms. The van der Waals surface area contributed by atoms with E-state index in [9.17, 15) is 9.59 Å². The highest BCUT2D eigenvalue weighted by Crippen LogP contribution is 2.19. The largest absolute Gasteiger partial charge is 0.491 e. The van der Waals surface area contributed by atoms with E-state index in [2.05, 4.69) is 10.6 Å². The number of carbonyl (C=O) groups is 2. The molecule has 1 unspecified atom stereocenters. The van der Waals surface area contributed by atoms with Crippen LogP contribution in [0.5, 0.6) is 5.75 Å². The van der Waals surface area contributed by atoms with Crippen molar-refractivity contribution in [3.63, 3.8) is 0 Å². The van der Waals surface area contributed by atoms with Gasteiger partial charge in [-0.1, -0.05) is 24.3 Å². The quantitative estimate of drug-likeness (QED) is 0.793. The number of hydrogen-bond donors (Lipinski definition) is 2. The lowest BCUT2D eigenvalue weighted by molar-refractivity contribution is -0.121. The summed E-state index contributed by atoms with van der Waals surface area (Å²) in [6, 6.07) is 14.9. The summed E-state index contributed by atoms with van der Waals surface area (Å²) < 4.78 is 5.63. The maximum Gasteiger partial charge on any atom is 0.224 e. The summed E-state index contributed by atoms with van der Waals surface area (Å²) in [6.45, 7) is 7.39. The summed E-state index contributed by atoms with van der Waals surface area (Å²) in [5, 5.41) is 5.71. The van der Waals surface area contributed by atoms with Crippen LogP contribution >= 0.6 is 0 Å². The minimum Gasteiger partial charge on any atom is -0.491 e. The van der Waals surface area contributed by atoms with E-state index in [1.54, 1.807) is 12.1 Å². The highest BCUT2D eigenvalue weighted by Gasteiger charge is 2.11. The first-order chi connectivity index (χ1) is 12.3. The molecule has 2 aromatic carbocycles. The van der Waals surface area contributed by atoms with Crippen LogP contribution in [0.4, 0.5) is 5.69 Å². The van der Waals surface area contributed by atoms with Crippen molar-refractivity contribution in [2.45, 2.75) is 46.3 Å². The summed E-state index contributed by atoms with van der Waals surface area (Å²) in [5.41, 5.74) is 2.64. The number of ether oxygens (including phenoxy) is 1. The molecule has 0 heterocycles. The van der Waals surface area contributed by atoms with Gasteiger partial charge < -0.3 is 15.4 Å². The van der Waals surface area contributed by atoms with Crippen molar-refractivity contribution in [1.29, 1.82) is 0 Å². The van der Waals surface area contributed by atoms with Crippen LogP contribution in [0, 0.1) is 0 Å². The second-order valence-corrected chi connectivity index (χ2v) is 6.58. The van der Waals surface area contributed by atoms with Gasteiger partial charge in [0.1, 0.15) is 5.75 Å². The second-order valence-electron chi connectivity index (χ2n) is 6.58. The van der Waals surface area contributed by atoms with Gasteiger partial charge in [-0.25, -0.2) is 0 Å². The number of anilines is 1. The van der Waals surface area contributed by atoms with E-state index >= 15 is 0 Å². The topological polar surface area (TPSA) is 67.4 Å². The molecule has 0 radical (unpaired) electrons. The molecule has 0 saturated heterocycles. The average molecular weight is 354 g/mol. The first kappa shape index (κ1) is 19.5. The number of hydrogen-bond acceptors (Lipinski definition) is 3. The zero-order valence-corrected chi connectivity index (χ0v) is 15.7. The number of benzene rings is 2. The molecular formula is C21H26N2O3. The molecule has 0 fully saturated rings. The summed E-state index contributed by atoms with van der Waals surface area (Å²) in [6.07, 6.45) is 0.425. The Balaban J connectivity index is 1.89. The van der Waals surface area contributed by atoms with Crippen molar-refractivity contribution in [3.05, 3.63) is 59.7 Å². The normalized spacial score (nSPS) is 11.7. The van der Waals surface area contributed by atoms with Crippen LogP contribution in [-0.4, -0.2) is 17.9 Å². The Morgan fingerprint density at radius 1 is 0.962 bits per heavy atom. The molecular weight excluding hydrogens is 328 g/mol. The van der Waals surface area contributed by atoms with E-state index in [1.165, 1.54) is 6.92 Å². The van der Waals surface area contributed by atoms with Crippen molar-refractivity contribution >= 4 is 17.5 Å². The molecule has 1 atom stereocenters. The standard InChI is InChI=1S/C21H26N2O3/c1-14(2)26-20-11-7-18(8-12-20)15(3)22-21(25)13-17-5-9-19(10-6-17)23-16(4)24/h5-12,14-15H,13H2,1-4H3,(H,22,25)(H,23,24). The third-order valence-corrected chi connectivity index (χ3v) is 3.77. The van der Waals surface area contributed by atoms with Crippen LogP contribution in [0.1, 0.15) is 44.9 Å². The first-order valence-corrected chi connectivity index (χ1v) is 8.76. The molecule has 0 spiro atoms. The fourth-order valence-corrected chi connectivity index (χ4v) is 2.58. The number of amides is 2. The Kier molecular flexibility index (Phi) is 6.78. The molecule has 2 N–H and O–H groups in total. The fraction of sp³-hybridized carbons (Fsp3) is 0.333. The van der Waals surface area contributed by atoms with Gasteiger partial charge >= 0.3 is 0 Å². The van der Waals surface area contributed by atoms with E-state index in [0.717, 1.165) is 22.6 Å². The minimum atomic E-state index is -0.117. The Hall–Kier alpha value is -2.82. The van der Waals surface area contributed by atoms with Gasteiger partial charge in [-0.05, 0) is 56.2 Å². The Labute approximate surface area is 154 Å². The average Bonchev–Trinajstić information content (AvgIpc) is 2.56. The molecule has 0 aliphatic heterocycles. The maximum absolute atomic E-state index is 12.3. The highest BCUT2D eigenvalue weighted by atomic mass is 16.5. The van der Waals surface area contributed by atoms with Crippen molar-refractivity contribution < 1.29 is 14.3 Å². The van der Waals surface area contributed by atoms with Gasteiger partial charge in [0.15, 0.2) is 0 Å². The number of carbonyl (C=O) groups excluding carboxylic acids is 2. The van der Waals surface area contributed by atoms with Gasteiger partial charge in [0, 0.05) is 12.6 Å². The van der Waals surface area contributed by atoms with Crippen molar-refractivity contribution in [2.75, 3.05) is 5.32 Å². The zero-order chi connectivity index (χ0) is 19.1. The van der Waals surface area contributed by atoms with E-state index < -0.39 is 0 Å². The van der Waals surface area contributed by atoms with Gasteiger partial charge in [-0.2, -0.15) is 0 Å². The minimum absolute atomic E-state index is 0.0488. The SMILES string of the molecule is CC(=O)Nc1ccc(CC(=O)NC(C)c2ccc(OC(C)C)cc2)cc1. The van der Waals surface area contributed by atoms with Gasteiger partial charge in [0.2, 0.25) is 11.8 Å². The van der Waals surface area contributed by atoms with Crippen LogP contribution in [0.25, 0.3) is 0 Å². The molecule has 0 aromatic heterocycles. The smallest absolute Gasteiger partial charge is 0.224 e. The Morgan fingerprint density at radius 2 is 1.58 bits per heavy atom. The third-order valence-electron chi connectivity index (χ3n) is 3.77. The molecule has 0 saturated carbocycles. The second kappa shape index (κ2) is 9.04. The number of rotatable bonds is 7. The van der Waals surface area contributed by atoms with Crippen molar-refractivity contribution in [2.24, 2.45) is 0 Å². The molecule has 5 heteroatoms. The lowest BCUT2D eigenvalue weighted by Gasteiger charge is -2.16. The molecule has 0 bridgehead atoms. The van der Waals surface area contributed by atoms with E-state index in [0.29, 0.717) is 6.42 Å². The van der Waals surface area contributed by atoms with Crippen LogP contribution in [-0.2, 0) is 16.0 Å². The summed E-state index contributed by atoms with van der Waals surface area (Å²) in [5.74, 6) is 0.656. The van der Waals surface area contributed by atoms with Gasteiger partial charge in [-0.3, -0.25) is 9.59 Å². The summed E-state index contributed by atoms with van der Waals surface area (Å²) >= 11 is 0. The van der Waals surface area contributed by atoms with E-state index in [4.69, 9.17) is 4.74 Å². The lowest BCUT2D eigenvalue weighted by atomic mass is 10.1. The third kappa shape index (κ3) is 6.24. The maximum atomic E-state index is 12.3. The Morgan fingerprint density at radius 3 is 2.12 bits per heavy atom. The van der Waals surface area contributed by atoms with Crippen LogP contribution in [0.3, 0.4) is 0 Å². The molecule has 2 rings (SSSR count). The molecule has 5 nitrogen and oxygen atoms in total. The predicted octanol–water partition coefficient (Wildman–Crippen LogP) is 3.85. The van der Waals surface area contributed by atoms with E-state index in [1.807, 2.05) is 57.2 Å². The first-order valence-electron chi connectivity index (χ1n) is 8.76. The molecule has 0 aliphatic carbocycles.